The summed E-state index contributed by atoms with van der Waals surface area (Å²) in [6.07, 6.45) is 0.932. The molecular weight excluding hydrogens is 342 g/mol. The van der Waals surface area contributed by atoms with Crippen molar-refractivity contribution in [3.63, 3.8) is 0 Å². The fourth-order valence-electron chi connectivity index (χ4n) is 2.69. The Labute approximate surface area is 160 Å². The van der Waals surface area contributed by atoms with E-state index in [9.17, 15) is 9.59 Å². The number of carbonyl (C=O) groups is 2. The number of esters is 2. The fourth-order valence-corrected chi connectivity index (χ4v) is 2.69. The zero-order valence-corrected chi connectivity index (χ0v) is 16.0. The summed E-state index contributed by atoms with van der Waals surface area (Å²) < 4.78 is 10.8. The zero-order chi connectivity index (χ0) is 19.5. The van der Waals surface area contributed by atoms with Crippen LogP contribution in [0.4, 0.5) is 0 Å². The molecule has 0 saturated heterocycles. The number of hydrogen-bond donors (Lipinski definition) is 0. The van der Waals surface area contributed by atoms with Crippen LogP contribution in [0.2, 0.25) is 0 Å². The van der Waals surface area contributed by atoms with Crippen molar-refractivity contribution >= 4 is 11.9 Å². The second-order valence-corrected chi connectivity index (χ2v) is 6.50. The average molecular weight is 369 g/mol. The van der Waals surface area contributed by atoms with E-state index in [-0.39, 0.29) is 19.8 Å². The smallest absolute Gasteiger partial charge is 0.322 e. The Hall–Kier alpha value is -2.66. The highest BCUT2D eigenvalue weighted by molar-refractivity contribution is 5.95. The van der Waals surface area contributed by atoms with Gasteiger partial charge in [-0.2, -0.15) is 0 Å². The molecule has 0 saturated carbocycles. The van der Waals surface area contributed by atoms with E-state index in [1.54, 1.807) is 0 Å². The Balaban J connectivity index is 1.97. The predicted molar refractivity (Wildman–Crippen MR) is 104 cm³/mol. The highest BCUT2D eigenvalue weighted by Gasteiger charge is 2.31. The zero-order valence-electron chi connectivity index (χ0n) is 16.0. The first-order valence-electron chi connectivity index (χ1n) is 9.19. The molecule has 0 bridgehead atoms. The van der Waals surface area contributed by atoms with Crippen LogP contribution in [-0.2, 0) is 32.3 Å². The van der Waals surface area contributed by atoms with Gasteiger partial charge in [0.05, 0.1) is 0 Å². The van der Waals surface area contributed by atoms with Gasteiger partial charge in [0.25, 0.3) is 0 Å². The lowest BCUT2D eigenvalue weighted by Gasteiger charge is -2.21. The summed E-state index contributed by atoms with van der Waals surface area (Å²) in [5.74, 6) is -2.08. The molecule has 2 rings (SSSR count). The summed E-state index contributed by atoms with van der Waals surface area (Å²) in [6.45, 7) is 3.38. The molecule has 27 heavy (non-hydrogen) atoms. The standard InChI is InChI=1S/C22H27NO4/c1-3-14-23(2)15-20(21(24)26-16-18-10-6-4-7-11-18)22(25)27-17-19-12-8-5-9-13-19/h4-13,20H,3,14-17H2,1-2H3. The largest absolute Gasteiger partial charge is 0.460 e. The maximum atomic E-state index is 12.6. The van der Waals surface area contributed by atoms with Crippen molar-refractivity contribution in [1.29, 1.82) is 0 Å². The highest BCUT2D eigenvalue weighted by Crippen LogP contribution is 2.11. The van der Waals surface area contributed by atoms with E-state index < -0.39 is 17.9 Å². The van der Waals surface area contributed by atoms with Crippen LogP contribution in [0.3, 0.4) is 0 Å². The first-order valence-corrected chi connectivity index (χ1v) is 9.19. The van der Waals surface area contributed by atoms with Crippen molar-refractivity contribution in [3.05, 3.63) is 71.8 Å². The summed E-state index contributed by atoms with van der Waals surface area (Å²) in [4.78, 5) is 27.1. The van der Waals surface area contributed by atoms with Gasteiger partial charge in [-0.3, -0.25) is 9.59 Å². The molecule has 0 aromatic heterocycles. The van der Waals surface area contributed by atoms with Gasteiger partial charge in [0, 0.05) is 6.54 Å². The summed E-state index contributed by atoms with van der Waals surface area (Å²) in [5.41, 5.74) is 1.76. The topological polar surface area (TPSA) is 55.8 Å². The minimum Gasteiger partial charge on any atom is -0.460 e. The summed E-state index contributed by atoms with van der Waals surface area (Å²) in [7, 11) is 1.88. The van der Waals surface area contributed by atoms with Gasteiger partial charge in [-0.05, 0) is 31.1 Å². The molecule has 0 unspecified atom stereocenters. The summed E-state index contributed by atoms with van der Waals surface area (Å²) in [6, 6.07) is 18.8. The highest BCUT2D eigenvalue weighted by atomic mass is 16.6. The van der Waals surface area contributed by atoms with Crippen LogP contribution in [-0.4, -0.2) is 37.0 Å². The Kier molecular flexibility index (Phi) is 8.52. The maximum absolute atomic E-state index is 12.6. The van der Waals surface area contributed by atoms with E-state index in [2.05, 4.69) is 0 Å². The van der Waals surface area contributed by atoms with Crippen LogP contribution in [0.5, 0.6) is 0 Å². The molecule has 0 heterocycles. The van der Waals surface area contributed by atoms with Gasteiger partial charge in [-0.15, -0.1) is 0 Å². The predicted octanol–water partition coefficient (Wildman–Crippen LogP) is 3.43. The molecule has 2 aromatic rings. The maximum Gasteiger partial charge on any atom is 0.322 e. The fraction of sp³-hybridized carbons (Fsp3) is 0.364. The van der Waals surface area contributed by atoms with E-state index in [0.29, 0.717) is 0 Å². The number of ether oxygens (including phenoxy) is 2. The third-order valence-electron chi connectivity index (χ3n) is 4.12. The molecular formula is C22H27NO4. The minimum absolute atomic E-state index is 0.139. The van der Waals surface area contributed by atoms with Crippen LogP contribution in [0.15, 0.2) is 60.7 Å². The van der Waals surface area contributed by atoms with Gasteiger partial charge in [-0.1, -0.05) is 67.6 Å². The van der Waals surface area contributed by atoms with Gasteiger partial charge < -0.3 is 14.4 Å². The molecule has 0 N–H and O–H groups in total. The number of hydrogen-bond acceptors (Lipinski definition) is 5. The van der Waals surface area contributed by atoms with Crippen molar-refractivity contribution in [2.75, 3.05) is 20.1 Å². The van der Waals surface area contributed by atoms with E-state index in [4.69, 9.17) is 9.47 Å². The van der Waals surface area contributed by atoms with Gasteiger partial charge in [0.1, 0.15) is 13.2 Å². The summed E-state index contributed by atoms with van der Waals surface area (Å²) in [5, 5.41) is 0. The molecule has 0 aliphatic rings. The quantitative estimate of drug-likeness (QED) is 0.474. The molecule has 0 aliphatic carbocycles. The van der Waals surface area contributed by atoms with Crippen molar-refractivity contribution in [2.24, 2.45) is 5.92 Å². The van der Waals surface area contributed by atoms with Crippen LogP contribution in [0.1, 0.15) is 24.5 Å². The minimum atomic E-state index is -0.964. The second-order valence-electron chi connectivity index (χ2n) is 6.50. The summed E-state index contributed by atoms with van der Waals surface area (Å²) >= 11 is 0. The number of rotatable bonds is 10. The molecule has 0 spiro atoms. The van der Waals surface area contributed by atoms with Crippen LogP contribution < -0.4 is 0 Å². The van der Waals surface area contributed by atoms with Crippen molar-refractivity contribution in [2.45, 2.75) is 26.6 Å². The normalized spacial score (nSPS) is 10.8. The molecule has 0 aliphatic heterocycles. The Morgan fingerprint density at radius 3 is 1.70 bits per heavy atom. The lowest BCUT2D eigenvalue weighted by atomic mass is 10.1. The number of nitrogens with zero attached hydrogens (tertiary/aromatic N) is 1. The molecule has 0 fully saturated rings. The SMILES string of the molecule is CCCN(C)CC(C(=O)OCc1ccccc1)C(=O)OCc1ccccc1. The molecule has 0 amide bonds. The van der Waals surface area contributed by atoms with E-state index in [1.807, 2.05) is 79.5 Å². The van der Waals surface area contributed by atoms with Gasteiger partial charge in [-0.25, -0.2) is 0 Å². The van der Waals surface area contributed by atoms with E-state index in [1.165, 1.54) is 0 Å². The van der Waals surface area contributed by atoms with Crippen LogP contribution in [0.25, 0.3) is 0 Å². The monoisotopic (exact) mass is 369 g/mol. The van der Waals surface area contributed by atoms with Crippen LogP contribution in [0, 0.1) is 5.92 Å². The second kappa shape index (κ2) is 11.1. The van der Waals surface area contributed by atoms with Crippen molar-refractivity contribution in [3.8, 4) is 0 Å². The molecule has 144 valence electrons. The Bertz CT molecular complexity index is 647. The van der Waals surface area contributed by atoms with Gasteiger partial charge in [0.2, 0.25) is 0 Å². The molecule has 0 atom stereocenters. The molecule has 2 aromatic carbocycles. The van der Waals surface area contributed by atoms with E-state index in [0.717, 1.165) is 24.1 Å². The number of carbonyl (C=O) groups excluding carboxylic acids is 2. The lowest BCUT2D eigenvalue weighted by Crippen LogP contribution is -2.38. The Morgan fingerprint density at radius 1 is 0.852 bits per heavy atom. The van der Waals surface area contributed by atoms with Gasteiger partial charge in [0.15, 0.2) is 5.92 Å². The first-order chi connectivity index (χ1) is 13.1. The third-order valence-corrected chi connectivity index (χ3v) is 4.12. The van der Waals surface area contributed by atoms with Crippen molar-refractivity contribution in [1.82, 2.24) is 4.90 Å². The lowest BCUT2D eigenvalue weighted by molar-refractivity contribution is -0.164. The van der Waals surface area contributed by atoms with Gasteiger partial charge >= 0.3 is 11.9 Å². The Morgan fingerprint density at radius 2 is 1.30 bits per heavy atom. The van der Waals surface area contributed by atoms with E-state index >= 15 is 0 Å². The first kappa shape index (κ1) is 20.6. The average Bonchev–Trinajstić information content (AvgIpc) is 2.70. The third kappa shape index (κ3) is 7.23. The molecule has 5 heteroatoms. The molecule has 0 radical (unpaired) electrons. The molecule has 5 nitrogen and oxygen atoms in total. The van der Waals surface area contributed by atoms with Crippen molar-refractivity contribution < 1.29 is 19.1 Å². The van der Waals surface area contributed by atoms with Crippen LogP contribution >= 0.6 is 0 Å². The number of benzene rings is 2.